The molecular formula is C32H36F6N4O. The molecule has 2 aromatic heterocycles. The summed E-state index contributed by atoms with van der Waals surface area (Å²) in [5.41, 5.74) is 1.72. The van der Waals surface area contributed by atoms with Gasteiger partial charge in [-0.3, -0.25) is 0 Å². The molecule has 0 spiro atoms. The van der Waals surface area contributed by atoms with E-state index in [4.69, 9.17) is 4.74 Å². The second-order valence-electron chi connectivity index (χ2n) is 10.8. The minimum Gasteiger partial charge on any atom is -0.375 e. The number of aryl methyl sites for hydroxylation is 4. The van der Waals surface area contributed by atoms with Crippen LogP contribution in [0.3, 0.4) is 0 Å². The van der Waals surface area contributed by atoms with Crippen LogP contribution in [0, 0.1) is 0 Å². The molecule has 2 unspecified atom stereocenters. The second-order valence-corrected chi connectivity index (χ2v) is 10.8. The van der Waals surface area contributed by atoms with Crippen LogP contribution in [0.4, 0.5) is 26.3 Å². The molecule has 43 heavy (non-hydrogen) atoms. The maximum Gasteiger partial charge on any atom is 0.416 e. The van der Waals surface area contributed by atoms with Crippen LogP contribution in [0.25, 0.3) is 0 Å². The summed E-state index contributed by atoms with van der Waals surface area (Å²) in [4.78, 5) is 14.5. The van der Waals surface area contributed by atoms with Gasteiger partial charge in [0.05, 0.1) is 47.4 Å². The van der Waals surface area contributed by atoms with Gasteiger partial charge in [0.1, 0.15) is 0 Å². The summed E-state index contributed by atoms with van der Waals surface area (Å²) >= 11 is 0. The maximum absolute atomic E-state index is 13.2. The molecule has 0 amide bonds. The number of hydrogen-bond acceptors (Lipinski definition) is 3. The van der Waals surface area contributed by atoms with Crippen molar-refractivity contribution >= 4 is 0 Å². The van der Waals surface area contributed by atoms with Gasteiger partial charge in [-0.25, -0.2) is 9.97 Å². The van der Waals surface area contributed by atoms with Crippen LogP contribution in [-0.2, 0) is 42.8 Å². The van der Waals surface area contributed by atoms with E-state index in [2.05, 4.69) is 19.9 Å². The normalized spacial score (nSPS) is 13.7. The quantitative estimate of drug-likeness (QED) is 0.126. The van der Waals surface area contributed by atoms with E-state index in [0.717, 1.165) is 23.5 Å². The number of rotatable bonds is 16. The Balaban J connectivity index is 1.40. The van der Waals surface area contributed by atoms with Crippen molar-refractivity contribution in [2.24, 2.45) is 0 Å². The number of ether oxygens (including phenoxy) is 1. The average Bonchev–Trinajstić information content (AvgIpc) is 3.69. The third kappa shape index (κ3) is 10.9. The fourth-order valence-electron chi connectivity index (χ4n) is 5.18. The molecule has 0 aliphatic heterocycles. The fourth-order valence-corrected chi connectivity index (χ4v) is 5.18. The monoisotopic (exact) mass is 606 g/mol. The summed E-state index contributed by atoms with van der Waals surface area (Å²) in [6.45, 7) is 0. The van der Waals surface area contributed by atoms with E-state index in [9.17, 15) is 26.3 Å². The largest absolute Gasteiger partial charge is 0.416 e. The Morgan fingerprint density at radius 1 is 0.605 bits per heavy atom. The van der Waals surface area contributed by atoms with Crippen LogP contribution >= 0.6 is 0 Å². The van der Waals surface area contributed by atoms with Crippen LogP contribution in [0.15, 0.2) is 73.6 Å². The Kier molecular flexibility index (Phi) is 11.4. The summed E-state index contributed by atoms with van der Waals surface area (Å²) in [5.74, 6) is 0. The van der Waals surface area contributed by atoms with Crippen LogP contribution in [-0.4, -0.2) is 32.1 Å². The third-order valence-electron chi connectivity index (χ3n) is 7.43. The zero-order valence-corrected chi connectivity index (χ0v) is 23.7. The molecule has 4 aromatic rings. The van der Waals surface area contributed by atoms with Crippen LogP contribution in [0.5, 0.6) is 0 Å². The van der Waals surface area contributed by atoms with Gasteiger partial charge in [0.2, 0.25) is 0 Å². The molecule has 0 aliphatic rings. The molecule has 5 nitrogen and oxygen atoms in total. The predicted octanol–water partition coefficient (Wildman–Crippen LogP) is 8.54. The van der Waals surface area contributed by atoms with E-state index < -0.39 is 23.5 Å². The smallest absolute Gasteiger partial charge is 0.375 e. The standard InChI is InChI=1S/C32H36F6N4O/c33-31(34,35)25-9-1-5-23(17-25)7-3-11-29(15-13-27-19-39-21-41-27)43-30(16-14-28-20-40-22-42-28)12-4-8-24-6-2-10-26(18-24)32(36,37)38/h1-2,5-6,9-10,17-22,29-30H,3-4,7-8,11-16H2,(H,39,41)(H,40,42). The Bertz CT molecular complexity index is 1250. The fraction of sp³-hybridized carbons (Fsp3) is 0.438. The molecule has 4 rings (SSSR count). The number of benzene rings is 2. The lowest BCUT2D eigenvalue weighted by atomic mass is 9.99. The molecule has 0 saturated heterocycles. The molecule has 2 aromatic carbocycles. The van der Waals surface area contributed by atoms with E-state index in [1.165, 1.54) is 24.3 Å². The zero-order chi connectivity index (χ0) is 30.7. The molecule has 232 valence electrons. The first-order valence-corrected chi connectivity index (χ1v) is 14.5. The highest BCUT2D eigenvalue weighted by molar-refractivity contribution is 5.26. The first kappa shape index (κ1) is 32.3. The Hall–Kier alpha value is -3.60. The minimum absolute atomic E-state index is 0.166. The van der Waals surface area contributed by atoms with E-state index in [1.54, 1.807) is 24.8 Å². The number of H-pyrrole nitrogens is 2. The molecule has 0 bridgehead atoms. The number of aromatic amines is 2. The lowest BCUT2D eigenvalue weighted by Crippen LogP contribution is -2.24. The zero-order valence-electron chi connectivity index (χ0n) is 23.7. The van der Waals surface area contributed by atoms with Gasteiger partial charge < -0.3 is 14.7 Å². The molecule has 0 saturated carbocycles. The van der Waals surface area contributed by atoms with Gasteiger partial charge in [0.15, 0.2) is 0 Å². The minimum atomic E-state index is -4.39. The summed E-state index contributed by atoms with van der Waals surface area (Å²) in [6, 6.07) is 10.8. The van der Waals surface area contributed by atoms with Gasteiger partial charge in [-0.05, 0) is 87.5 Å². The molecule has 0 fully saturated rings. The van der Waals surface area contributed by atoms with Gasteiger partial charge >= 0.3 is 12.4 Å². The van der Waals surface area contributed by atoms with E-state index in [0.29, 0.717) is 75.3 Å². The number of imidazole rings is 2. The van der Waals surface area contributed by atoms with Crippen molar-refractivity contribution in [3.63, 3.8) is 0 Å². The number of aromatic nitrogens is 4. The number of nitrogens with one attached hydrogen (secondary N) is 2. The third-order valence-corrected chi connectivity index (χ3v) is 7.43. The summed E-state index contributed by atoms with van der Waals surface area (Å²) in [7, 11) is 0. The number of halogens is 6. The lowest BCUT2D eigenvalue weighted by Gasteiger charge is -2.25. The van der Waals surface area contributed by atoms with Gasteiger partial charge in [0, 0.05) is 12.4 Å². The molecule has 11 heteroatoms. The molecule has 2 atom stereocenters. The number of hydrogen-bond donors (Lipinski definition) is 2. The van der Waals surface area contributed by atoms with Crippen molar-refractivity contribution in [1.29, 1.82) is 0 Å². The highest BCUT2D eigenvalue weighted by Crippen LogP contribution is 2.31. The highest BCUT2D eigenvalue weighted by Gasteiger charge is 2.31. The Morgan fingerprint density at radius 2 is 1.05 bits per heavy atom. The van der Waals surface area contributed by atoms with Crippen molar-refractivity contribution in [2.75, 3.05) is 0 Å². The van der Waals surface area contributed by atoms with Crippen LogP contribution < -0.4 is 0 Å². The average molecular weight is 607 g/mol. The molecule has 0 aliphatic carbocycles. The van der Waals surface area contributed by atoms with E-state index in [1.807, 2.05) is 12.4 Å². The van der Waals surface area contributed by atoms with Crippen molar-refractivity contribution < 1.29 is 31.1 Å². The maximum atomic E-state index is 13.2. The molecule has 2 heterocycles. The second kappa shape index (κ2) is 15.2. The van der Waals surface area contributed by atoms with Crippen molar-refractivity contribution in [3.05, 3.63) is 107 Å². The Morgan fingerprint density at radius 3 is 1.42 bits per heavy atom. The van der Waals surface area contributed by atoms with Crippen molar-refractivity contribution in [1.82, 2.24) is 19.9 Å². The van der Waals surface area contributed by atoms with Gasteiger partial charge in [0.25, 0.3) is 0 Å². The van der Waals surface area contributed by atoms with Gasteiger partial charge in [-0.1, -0.05) is 36.4 Å². The SMILES string of the molecule is FC(F)(F)c1cccc(CCCC(CCc2c[nH]cn2)OC(CCCc2cccc(C(F)(F)F)c2)CCc2c[nH]cn2)c1. The molecule has 2 N–H and O–H groups in total. The van der Waals surface area contributed by atoms with Gasteiger partial charge in [-0.2, -0.15) is 26.3 Å². The first-order valence-electron chi connectivity index (χ1n) is 14.5. The van der Waals surface area contributed by atoms with Crippen molar-refractivity contribution in [3.8, 4) is 0 Å². The summed E-state index contributed by atoms with van der Waals surface area (Å²) in [6.07, 6.45) is 4.02. The van der Waals surface area contributed by atoms with E-state index in [-0.39, 0.29) is 12.2 Å². The summed E-state index contributed by atoms with van der Waals surface area (Å²) in [5, 5.41) is 0. The van der Waals surface area contributed by atoms with E-state index >= 15 is 0 Å². The first-order chi connectivity index (χ1) is 20.6. The lowest BCUT2D eigenvalue weighted by molar-refractivity contribution is -0.138. The summed E-state index contributed by atoms with van der Waals surface area (Å²) < 4.78 is 85.7. The van der Waals surface area contributed by atoms with Gasteiger partial charge in [-0.15, -0.1) is 0 Å². The van der Waals surface area contributed by atoms with Crippen LogP contribution in [0.2, 0.25) is 0 Å². The highest BCUT2D eigenvalue weighted by atomic mass is 19.4. The number of nitrogens with zero attached hydrogens (tertiary/aromatic N) is 2. The van der Waals surface area contributed by atoms with Crippen LogP contribution in [0.1, 0.15) is 72.2 Å². The van der Waals surface area contributed by atoms with Crippen molar-refractivity contribution in [2.45, 2.75) is 88.8 Å². The molecular weight excluding hydrogens is 570 g/mol. The predicted molar refractivity (Wildman–Crippen MR) is 151 cm³/mol. The number of alkyl halides is 6. The Labute approximate surface area is 247 Å². The topological polar surface area (TPSA) is 66.6 Å². The molecule has 0 radical (unpaired) electrons.